The first-order valence-corrected chi connectivity index (χ1v) is 18.8. The molecule has 4 aliphatic rings. The molecule has 1 aromatic carbocycles. The summed E-state index contributed by atoms with van der Waals surface area (Å²) in [5.41, 5.74) is 11.0. The number of nitrogens with one attached hydrogen (secondary N) is 2. The molecule has 4 aliphatic carbocycles. The summed E-state index contributed by atoms with van der Waals surface area (Å²) < 4.78 is 56.4. The summed E-state index contributed by atoms with van der Waals surface area (Å²) >= 11 is 0. The van der Waals surface area contributed by atoms with E-state index in [1.165, 1.54) is 0 Å². The van der Waals surface area contributed by atoms with Gasteiger partial charge < -0.3 is 11.5 Å². The van der Waals surface area contributed by atoms with Crippen molar-refractivity contribution in [2.24, 2.45) is 45.0 Å². The number of nitrogens with two attached hydrogens (primary N) is 2. The topological polar surface area (TPSA) is 179 Å². The Morgan fingerprint density at radius 3 is 1.36 bits per heavy atom. The van der Waals surface area contributed by atoms with E-state index in [9.17, 15) is 26.4 Å². The molecule has 5 rings (SSSR count). The van der Waals surface area contributed by atoms with Gasteiger partial charge in [-0.05, 0) is 71.6 Å². The molecule has 0 saturated heterocycles. The molecule has 4 bridgehead atoms. The van der Waals surface area contributed by atoms with Crippen LogP contribution in [0, 0.1) is 33.5 Å². The molecule has 0 radical (unpaired) electrons. The van der Waals surface area contributed by atoms with Crippen molar-refractivity contribution in [2.75, 3.05) is 37.7 Å². The third kappa shape index (κ3) is 5.15. The predicted octanol–water partition coefficient (Wildman–Crippen LogP) is 2.22. The van der Waals surface area contributed by atoms with Gasteiger partial charge in [0.05, 0.1) is 22.3 Å². The average molecular weight is 647 g/mol. The number of Topliss-reactive ketones (excluding diaryl/α,β-unsaturated/α-hetero) is 2. The van der Waals surface area contributed by atoms with Crippen LogP contribution in [-0.4, -0.2) is 66.1 Å². The van der Waals surface area contributed by atoms with Crippen molar-refractivity contribution < 1.29 is 26.4 Å². The summed E-state index contributed by atoms with van der Waals surface area (Å²) in [4.78, 5) is 27.7. The molecule has 0 aromatic heterocycles. The minimum Gasteiger partial charge on any atom is -0.329 e. The lowest BCUT2D eigenvalue weighted by Gasteiger charge is -2.35. The number of fused-ring (bicyclic) bond motifs is 4. The Morgan fingerprint density at radius 1 is 0.705 bits per heavy atom. The van der Waals surface area contributed by atoms with E-state index in [4.69, 9.17) is 11.5 Å². The molecule has 0 spiro atoms. The maximum atomic E-state index is 13.8. The number of hydrogen-bond acceptors (Lipinski definition) is 8. The second-order valence-electron chi connectivity index (χ2n) is 14.2. The van der Waals surface area contributed by atoms with Crippen molar-refractivity contribution in [1.82, 2.24) is 9.44 Å². The third-order valence-corrected chi connectivity index (χ3v) is 14.5. The Morgan fingerprint density at radius 2 is 1.05 bits per heavy atom. The van der Waals surface area contributed by atoms with Crippen LogP contribution in [0.3, 0.4) is 0 Å². The number of sulfonamides is 2. The van der Waals surface area contributed by atoms with Crippen molar-refractivity contribution in [3.8, 4) is 0 Å². The van der Waals surface area contributed by atoms with Gasteiger partial charge in [0.2, 0.25) is 20.0 Å². The van der Waals surface area contributed by atoms with E-state index in [1.54, 1.807) is 0 Å². The minimum absolute atomic E-state index is 0.0396. The number of benzene rings is 1. The highest BCUT2D eigenvalue weighted by Crippen LogP contribution is 2.67. The van der Waals surface area contributed by atoms with Crippen molar-refractivity contribution in [1.29, 1.82) is 0 Å². The van der Waals surface area contributed by atoms with Gasteiger partial charge in [-0.2, -0.15) is 0 Å². The lowest BCUT2D eigenvalue weighted by Crippen LogP contribution is -2.46. The molecule has 4 atom stereocenters. The standard InChI is InChI=1S/C32H46N4O6S2/c1-29(2)25-9-11-31(29,19-43(39,40)35-15-13-33)27(37)23(25)17-21-5-7-22(8-6-21)18-24-26-10-12-32(28(24)38,30(26,3)4)20-44(41,42)36-16-14-34/h5-8,17-18,25-26,35-36H,9-16,19-20,33-34H2,1-4H3/b23-17-,24-18-. The molecule has 242 valence electrons. The van der Waals surface area contributed by atoms with E-state index in [2.05, 4.69) is 9.44 Å². The van der Waals surface area contributed by atoms with Crippen molar-refractivity contribution in [3.63, 3.8) is 0 Å². The summed E-state index contributed by atoms with van der Waals surface area (Å²) in [7, 11) is -7.36. The van der Waals surface area contributed by atoms with E-state index in [0.717, 1.165) is 24.0 Å². The third-order valence-electron chi connectivity index (χ3n) is 11.5. The van der Waals surface area contributed by atoms with Crippen LogP contribution in [0.15, 0.2) is 35.4 Å². The molecule has 10 nitrogen and oxygen atoms in total. The molecular formula is C32H46N4O6S2. The fourth-order valence-electron chi connectivity index (χ4n) is 8.79. The first-order valence-electron chi connectivity index (χ1n) is 15.4. The van der Waals surface area contributed by atoms with Crippen LogP contribution in [0.4, 0.5) is 0 Å². The van der Waals surface area contributed by atoms with Crippen molar-refractivity contribution in [2.45, 2.75) is 53.4 Å². The van der Waals surface area contributed by atoms with Gasteiger partial charge in [-0.25, -0.2) is 26.3 Å². The summed E-state index contributed by atoms with van der Waals surface area (Å²) in [6.07, 6.45) is 6.33. The Hall–Kier alpha value is -2.22. The van der Waals surface area contributed by atoms with E-state index >= 15 is 0 Å². The molecule has 0 aliphatic heterocycles. The lowest BCUT2D eigenvalue weighted by molar-refractivity contribution is -0.125. The fraction of sp³-hybridized carbons (Fsp3) is 0.625. The minimum atomic E-state index is -3.68. The molecule has 0 heterocycles. The van der Waals surface area contributed by atoms with Gasteiger partial charge in [0.1, 0.15) is 0 Å². The normalized spacial score (nSPS) is 32.4. The largest absolute Gasteiger partial charge is 0.329 e. The highest BCUT2D eigenvalue weighted by molar-refractivity contribution is 7.89. The number of carbonyl (C=O) groups excluding carboxylic acids is 2. The smallest absolute Gasteiger partial charge is 0.212 e. The highest BCUT2D eigenvalue weighted by atomic mass is 32.2. The zero-order chi connectivity index (χ0) is 32.3. The SMILES string of the molecule is CC1(C)C2CCC1(CS(=O)(=O)NCCN)C(=O)/C2=C\c1ccc(/C=C2\C(=O)C3(CS(=O)(=O)NCCN)CCC2C3(C)C)cc1. The quantitative estimate of drug-likeness (QED) is 0.250. The van der Waals surface area contributed by atoms with E-state index in [1.807, 2.05) is 64.1 Å². The molecule has 1 aromatic rings. The van der Waals surface area contributed by atoms with Gasteiger partial charge in [0.25, 0.3) is 0 Å². The lowest BCUT2D eigenvalue weighted by atomic mass is 9.70. The van der Waals surface area contributed by atoms with Crippen LogP contribution < -0.4 is 20.9 Å². The summed E-state index contributed by atoms with van der Waals surface area (Å²) in [6, 6.07) is 7.60. The molecule has 12 heteroatoms. The number of allylic oxidation sites excluding steroid dienone is 2. The van der Waals surface area contributed by atoms with Crippen LogP contribution >= 0.6 is 0 Å². The van der Waals surface area contributed by atoms with Gasteiger partial charge in [-0.3, -0.25) is 9.59 Å². The van der Waals surface area contributed by atoms with Gasteiger partial charge in [-0.1, -0.05) is 52.0 Å². The Bertz CT molecular complexity index is 1510. The highest BCUT2D eigenvalue weighted by Gasteiger charge is 2.68. The van der Waals surface area contributed by atoms with Crippen molar-refractivity contribution in [3.05, 3.63) is 46.5 Å². The van der Waals surface area contributed by atoms with Gasteiger partial charge >= 0.3 is 0 Å². The first-order chi connectivity index (χ1) is 20.5. The van der Waals surface area contributed by atoms with Crippen LogP contribution in [0.5, 0.6) is 0 Å². The zero-order valence-corrected chi connectivity index (χ0v) is 27.7. The molecule has 4 saturated carbocycles. The van der Waals surface area contributed by atoms with E-state index in [0.29, 0.717) is 24.0 Å². The van der Waals surface area contributed by atoms with Gasteiger partial charge in [0, 0.05) is 37.3 Å². The summed E-state index contributed by atoms with van der Waals surface area (Å²) in [6.45, 7) is 8.64. The molecular weight excluding hydrogens is 601 g/mol. The predicted molar refractivity (Wildman–Crippen MR) is 172 cm³/mol. The summed E-state index contributed by atoms with van der Waals surface area (Å²) in [5.74, 6) is -0.768. The maximum Gasteiger partial charge on any atom is 0.212 e. The van der Waals surface area contributed by atoms with Crippen LogP contribution in [0.1, 0.15) is 64.5 Å². The first kappa shape index (κ1) is 33.2. The van der Waals surface area contributed by atoms with E-state index < -0.39 is 41.7 Å². The number of carbonyl (C=O) groups is 2. The Labute approximate surface area is 261 Å². The number of ketones is 2. The molecule has 6 N–H and O–H groups in total. The summed E-state index contributed by atoms with van der Waals surface area (Å²) in [5, 5.41) is 0. The monoisotopic (exact) mass is 646 g/mol. The second-order valence-corrected chi connectivity index (χ2v) is 17.8. The molecule has 4 unspecified atom stereocenters. The van der Waals surface area contributed by atoms with Crippen molar-refractivity contribution >= 4 is 43.8 Å². The van der Waals surface area contributed by atoms with Crippen LogP contribution in [0.2, 0.25) is 0 Å². The van der Waals surface area contributed by atoms with Crippen LogP contribution in [-0.2, 0) is 29.6 Å². The average Bonchev–Trinajstić information content (AvgIpc) is 3.45. The number of hydrogen-bond donors (Lipinski definition) is 4. The Kier molecular flexibility index (Phi) is 8.47. The van der Waals surface area contributed by atoms with Crippen LogP contribution in [0.25, 0.3) is 12.2 Å². The Balaban J connectivity index is 1.39. The zero-order valence-electron chi connectivity index (χ0n) is 26.1. The molecule has 44 heavy (non-hydrogen) atoms. The second kappa shape index (κ2) is 11.2. The van der Waals surface area contributed by atoms with Gasteiger partial charge in [0.15, 0.2) is 11.6 Å². The molecule has 4 fully saturated rings. The maximum absolute atomic E-state index is 13.8. The van der Waals surface area contributed by atoms with E-state index in [-0.39, 0.29) is 61.1 Å². The van der Waals surface area contributed by atoms with Gasteiger partial charge in [-0.15, -0.1) is 0 Å². The number of rotatable bonds is 12. The fourth-order valence-corrected chi connectivity index (χ4v) is 12.4. The molecule has 0 amide bonds.